The molecule has 0 spiro atoms. The van der Waals surface area contributed by atoms with Crippen LogP contribution in [0.4, 0.5) is 5.69 Å². The largest absolute Gasteiger partial charge is 0.465 e. The van der Waals surface area contributed by atoms with Gasteiger partial charge in [0, 0.05) is 18.8 Å². The van der Waals surface area contributed by atoms with Gasteiger partial charge in [0.2, 0.25) is 0 Å². The van der Waals surface area contributed by atoms with Crippen LogP contribution in [0.5, 0.6) is 0 Å². The monoisotopic (exact) mass is 277 g/mol. The Labute approximate surface area is 120 Å². The normalized spacial score (nSPS) is 22.4. The first kappa shape index (κ1) is 14.9. The summed E-state index contributed by atoms with van der Waals surface area (Å²) in [4.78, 5) is 11.7. The molecule has 1 N–H and O–H groups in total. The Morgan fingerprint density at radius 2 is 1.90 bits per heavy atom. The third-order valence-electron chi connectivity index (χ3n) is 4.11. The molecule has 1 aromatic rings. The van der Waals surface area contributed by atoms with E-state index in [-0.39, 0.29) is 5.97 Å². The first-order valence-electron chi connectivity index (χ1n) is 7.13. The number of carbonyl (C=O) groups excluding carboxylic acids is 1. The first-order chi connectivity index (χ1) is 9.65. The summed E-state index contributed by atoms with van der Waals surface area (Å²) in [5.41, 5.74) is 2.60. The highest BCUT2D eigenvalue weighted by molar-refractivity contribution is 5.92. The minimum Gasteiger partial charge on any atom is -0.465 e. The summed E-state index contributed by atoms with van der Waals surface area (Å²) in [5.74, 6) is -0.283. The highest BCUT2D eigenvalue weighted by atomic mass is 16.5. The Balaban J connectivity index is 2.05. The van der Waals surface area contributed by atoms with E-state index in [1.165, 1.54) is 7.11 Å². The van der Waals surface area contributed by atoms with Gasteiger partial charge in [-0.25, -0.2) is 4.79 Å². The number of anilines is 1. The number of ether oxygens (including phenoxy) is 2. The quantitative estimate of drug-likeness (QED) is 0.859. The lowest BCUT2D eigenvalue weighted by molar-refractivity contribution is 0.0600. The van der Waals surface area contributed by atoms with Crippen LogP contribution >= 0.6 is 0 Å². The van der Waals surface area contributed by atoms with E-state index >= 15 is 0 Å². The van der Waals surface area contributed by atoms with E-state index in [4.69, 9.17) is 9.47 Å². The Hall–Kier alpha value is -1.55. The van der Waals surface area contributed by atoms with Crippen LogP contribution in [0.25, 0.3) is 0 Å². The van der Waals surface area contributed by atoms with Gasteiger partial charge < -0.3 is 14.8 Å². The van der Waals surface area contributed by atoms with E-state index in [0.717, 1.165) is 36.9 Å². The molecule has 0 atom stereocenters. The first-order valence-corrected chi connectivity index (χ1v) is 7.13. The summed E-state index contributed by atoms with van der Waals surface area (Å²) >= 11 is 0. The second-order valence-electron chi connectivity index (χ2n) is 5.32. The van der Waals surface area contributed by atoms with Gasteiger partial charge >= 0.3 is 5.97 Å². The van der Waals surface area contributed by atoms with Crippen LogP contribution in [-0.2, 0) is 9.47 Å². The van der Waals surface area contributed by atoms with Crippen molar-refractivity contribution in [3.8, 4) is 0 Å². The van der Waals surface area contributed by atoms with Crippen molar-refractivity contribution >= 4 is 11.7 Å². The van der Waals surface area contributed by atoms with Crippen LogP contribution in [0.15, 0.2) is 18.2 Å². The van der Waals surface area contributed by atoms with Gasteiger partial charge in [-0.1, -0.05) is 6.07 Å². The van der Waals surface area contributed by atoms with Gasteiger partial charge in [0.15, 0.2) is 0 Å². The van der Waals surface area contributed by atoms with Crippen molar-refractivity contribution in [3.63, 3.8) is 0 Å². The van der Waals surface area contributed by atoms with Crippen molar-refractivity contribution in [2.24, 2.45) is 0 Å². The molecule has 0 heterocycles. The lowest BCUT2D eigenvalue weighted by atomic mass is 9.92. The van der Waals surface area contributed by atoms with Crippen LogP contribution in [0.2, 0.25) is 0 Å². The highest BCUT2D eigenvalue weighted by Crippen LogP contribution is 2.26. The fraction of sp³-hybridized carbons (Fsp3) is 0.562. The summed E-state index contributed by atoms with van der Waals surface area (Å²) in [6.07, 6.45) is 4.77. The van der Waals surface area contributed by atoms with Crippen molar-refractivity contribution in [2.75, 3.05) is 19.5 Å². The van der Waals surface area contributed by atoms with Gasteiger partial charge in [0.1, 0.15) is 0 Å². The van der Waals surface area contributed by atoms with Gasteiger partial charge in [0.25, 0.3) is 0 Å². The molecule has 1 aliphatic rings. The topological polar surface area (TPSA) is 47.6 Å². The summed E-state index contributed by atoms with van der Waals surface area (Å²) in [5, 5.41) is 3.55. The second kappa shape index (κ2) is 6.75. The van der Waals surface area contributed by atoms with E-state index in [1.807, 2.05) is 19.1 Å². The SMILES string of the molecule is COC(=O)c1cccc(NC2CCC(OC)CC2)c1C. The maximum absolute atomic E-state index is 11.7. The highest BCUT2D eigenvalue weighted by Gasteiger charge is 2.21. The molecular weight excluding hydrogens is 254 g/mol. The average molecular weight is 277 g/mol. The summed E-state index contributed by atoms with van der Waals surface area (Å²) < 4.78 is 10.2. The zero-order valence-corrected chi connectivity index (χ0v) is 12.4. The van der Waals surface area contributed by atoms with Crippen LogP contribution < -0.4 is 5.32 Å². The van der Waals surface area contributed by atoms with Crippen molar-refractivity contribution in [1.82, 2.24) is 0 Å². The molecule has 110 valence electrons. The van der Waals surface area contributed by atoms with Crippen LogP contribution in [-0.4, -0.2) is 32.3 Å². The molecule has 2 rings (SSSR count). The van der Waals surface area contributed by atoms with Crippen molar-refractivity contribution in [2.45, 2.75) is 44.8 Å². The molecule has 0 aliphatic heterocycles. The zero-order chi connectivity index (χ0) is 14.5. The molecule has 20 heavy (non-hydrogen) atoms. The molecule has 1 aromatic carbocycles. The standard InChI is InChI=1S/C16H23NO3/c1-11-14(16(18)20-3)5-4-6-15(11)17-12-7-9-13(19-2)10-8-12/h4-6,12-13,17H,7-10H2,1-3H3. The fourth-order valence-corrected chi connectivity index (χ4v) is 2.79. The lowest BCUT2D eigenvalue weighted by Crippen LogP contribution is -2.29. The molecule has 0 unspecified atom stereocenters. The number of carbonyl (C=O) groups is 1. The van der Waals surface area contributed by atoms with E-state index in [0.29, 0.717) is 17.7 Å². The summed E-state index contributed by atoms with van der Waals surface area (Å²) in [7, 11) is 3.19. The Morgan fingerprint density at radius 3 is 2.50 bits per heavy atom. The molecular formula is C16H23NO3. The summed E-state index contributed by atoms with van der Waals surface area (Å²) in [6.45, 7) is 1.95. The van der Waals surface area contributed by atoms with Gasteiger partial charge in [-0.15, -0.1) is 0 Å². The number of esters is 1. The molecule has 0 radical (unpaired) electrons. The van der Waals surface area contributed by atoms with Crippen LogP contribution in [0, 0.1) is 6.92 Å². The second-order valence-corrected chi connectivity index (χ2v) is 5.32. The van der Waals surface area contributed by atoms with Gasteiger partial charge in [-0.2, -0.15) is 0 Å². The smallest absolute Gasteiger partial charge is 0.338 e. The predicted octanol–water partition coefficient (Wildman–Crippen LogP) is 3.15. The number of nitrogens with one attached hydrogen (secondary N) is 1. The number of hydrogen-bond donors (Lipinski definition) is 1. The molecule has 0 amide bonds. The number of rotatable bonds is 4. The van der Waals surface area contributed by atoms with Crippen molar-refractivity contribution in [3.05, 3.63) is 29.3 Å². The van der Waals surface area contributed by atoms with Crippen molar-refractivity contribution in [1.29, 1.82) is 0 Å². The Morgan fingerprint density at radius 1 is 1.20 bits per heavy atom. The maximum Gasteiger partial charge on any atom is 0.338 e. The zero-order valence-electron chi connectivity index (χ0n) is 12.4. The molecule has 1 fully saturated rings. The maximum atomic E-state index is 11.7. The minimum atomic E-state index is -0.283. The minimum absolute atomic E-state index is 0.283. The third kappa shape index (κ3) is 3.31. The number of hydrogen-bond acceptors (Lipinski definition) is 4. The predicted molar refractivity (Wildman–Crippen MR) is 79.2 cm³/mol. The molecule has 1 saturated carbocycles. The lowest BCUT2D eigenvalue weighted by Gasteiger charge is -2.29. The number of benzene rings is 1. The average Bonchev–Trinajstić information content (AvgIpc) is 2.49. The third-order valence-corrected chi connectivity index (χ3v) is 4.11. The van der Waals surface area contributed by atoms with E-state index < -0.39 is 0 Å². The molecule has 0 aromatic heterocycles. The summed E-state index contributed by atoms with van der Waals surface area (Å²) in [6, 6.07) is 6.16. The Bertz CT molecular complexity index is 465. The molecule has 4 heteroatoms. The molecule has 0 bridgehead atoms. The molecule has 1 aliphatic carbocycles. The van der Waals surface area contributed by atoms with Crippen LogP contribution in [0.1, 0.15) is 41.6 Å². The van der Waals surface area contributed by atoms with Crippen molar-refractivity contribution < 1.29 is 14.3 Å². The van der Waals surface area contributed by atoms with E-state index in [1.54, 1.807) is 13.2 Å². The van der Waals surface area contributed by atoms with Crippen LogP contribution in [0.3, 0.4) is 0 Å². The fourth-order valence-electron chi connectivity index (χ4n) is 2.79. The molecule has 4 nitrogen and oxygen atoms in total. The Kier molecular flexibility index (Phi) is 5.01. The van der Waals surface area contributed by atoms with Gasteiger partial charge in [-0.3, -0.25) is 0 Å². The molecule has 0 saturated heterocycles. The van der Waals surface area contributed by atoms with Gasteiger partial charge in [0.05, 0.1) is 18.8 Å². The number of methoxy groups -OCH3 is 2. The van der Waals surface area contributed by atoms with E-state index in [2.05, 4.69) is 5.32 Å². The van der Waals surface area contributed by atoms with Gasteiger partial charge in [-0.05, 0) is 50.3 Å². The van der Waals surface area contributed by atoms with E-state index in [9.17, 15) is 4.79 Å².